The topological polar surface area (TPSA) is 53.5 Å². The van der Waals surface area contributed by atoms with E-state index in [0.717, 1.165) is 29.5 Å². The molecule has 2 amide bonds. The van der Waals surface area contributed by atoms with Crippen LogP contribution < -0.4 is 0 Å². The molecule has 2 aromatic rings. The maximum absolute atomic E-state index is 13.7. The highest BCUT2D eigenvalue weighted by molar-refractivity contribution is 5.90. The van der Waals surface area contributed by atoms with Crippen molar-refractivity contribution in [2.24, 2.45) is 5.92 Å². The number of rotatable bonds is 6. The van der Waals surface area contributed by atoms with Gasteiger partial charge in [-0.25, -0.2) is 0 Å². The molecule has 0 radical (unpaired) electrons. The van der Waals surface area contributed by atoms with Gasteiger partial charge in [0.2, 0.25) is 11.8 Å². The molecule has 4 rings (SSSR count). The first-order valence-electron chi connectivity index (χ1n) is 10.1. The Hall–Kier alpha value is -2.69. The summed E-state index contributed by atoms with van der Waals surface area (Å²) in [5, 5.41) is 0. The Morgan fingerprint density at radius 1 is 1.18 bits per heavy atom. The van der Waals surface area contributed by atoms with Gasteiger partial charge in [0.25, 0.3) is 0 Å². The molecule has 5 nitrogen and oxygen atoms in total. The van der Waals surface area contributed by atoms with Gasteiger partial charge in [0, 0.05) is 37.9 Å². The molecule has 5 heteroatoms. The number of aromatic nitrogens is 1. The third-order valence-corrected chi connectivity index (χ3v) is 5.97. The molecule has 28 heavy (non-hydrogen) atoms. The van der Waals surface area contributed by atoms with E-state index in [1.54, 1.807) is 12.4 Å². The lowest BCUT2D eigenvalue weighted by Gasteiger charge is -2.32. The zero-order chi connectivity index (χ0) is 19.7. The molecule has 1 saturated carbocycles. The normalized spacial score (nSPS) is 21.8. The van der Waals surface area contributed by atoms with Crippen LogP contribution in [0.4, 0.5) is 0 Å². The predicted molar refractivity (Wildman–Crippen MR) is 107 cm³/mol. The number of pyridine rings is 1. The lowest BCUT2D eigenvalue weighted by Crippen LogP contribution is -2.40. The van der Waals surface area contributed by atoms with Crippen LogP contribution in [-0.2, 0) is 16.1 Å². The van der Waals surface area contributed by atoms with Crippen molar-refractivity contribution in [3.8, 4) is 0 Å². The van der Waals surface area contributed by atoms with Crippen molar-refractivity contribution >= 4 is 11.8 Å². The van der Waals surface area contributed by atoms with Crippen LogP contribution in [0.3, 0.4) is 0 Å². The van der Waals surface area contributed by atoms with E-state index in [-0.39, 0.29) is 23.8 Å². The molecule has 1 saturated heterocycles. The summed E-state index contributed by atoms with van der Waals surface area (Å²) in [5.41, 5.74) is 3.30. The maximum Gasteiger partial charge on any atom is 0.229 e. The van der Waals surface area contributed by atoms with Crippen LogP contribution in [0.15, 0.2) is 48.8 Å². The van der Waals surface area contributed by atoms with Crippen LogP contribution in [0.25, 0.3) is 0 Å². The molecule has 2 fully saturated rings. The number of amides is 2. The van der Waals surface area contributed by atoms with Crippen LogP contribution in [0, 0.1) is 12.8 Å². The van der Waals surface area contributed by atoms with Crippen LogP contribution in [-0.4, -0.2) is 39.2 Å². The van der Waals surface area contributed by atoms with Crippen LogP contribution >= 0.6 is 0 Å². The molecule has 0 spiro atoms. The van der Waals surface area contributed by atoms with Gasteiger partial charge in [0.1, 0.15) is 0 Å². The van der Waals surface area contributed by atoms with Crippen molar-refractivity contribution in [1.82, 2.24) is 14.8 Å². The smallest absolute Gasteiger partial charge is 0.229 e. The molecule has 1 aliphatic carbocycles. The number of carbonyl (C=O) groups is 2. The molecule has 0 bridgehead atoms. The van der Waals surface area contributed by atoms with E-state index in [1.165, 1.54) is 0 Å². The maximum atomic E-state index is 13.7. The lowest BCUT2D eigenvalue weighted by molar-refractivity contribution is -0.137. The van der Waals surface area contributed by atoms with Gasteiger partial charge in [-0.05, 0) is 55.5 Å². The Balaban J connectivity index is 1.65. The molecule has 146 valence electrons. The van der Waals surface area contributed by atoms with Crippen LogP contribution in [0.1, 0.15) is 48.9 Å². The van der Waals surface area contributed by atoms with Crippen molar-refractivity contribution in [3.05, 3.63) is 65.5 Å². The number of hydrogen-bond donors (Lipinski definition) is 0. The third kappa shape index (κ3) is 3.53. The molecule has 2 heterocycles. The molecule has 0 N–H and O–H groups in total. The second kappa shape index (κ2) is 7.74. The van der Waals surface area contributed by atoms with Gasteiger partial charge >= 0.3 is 0 Å². The summed E-state index contributed by atoms with van der Waals surface area (Å²) in [5.74, 6) is -0.137. The van der Waals surface area contributed by atoms with Crippen molar-refractivity contribution in [1.29, 1.82) is 0 Å². The predicted octanol–water partition coefficient (Wildman–Crippen LogP) is 3.49. The largest absolute Gasteiger partial charge is 0.335 e. The zero-order valence-electron chi connectivity index (χ0n) is 16.5. The molecule has 2 atom stereocenters. The number of carbonyl (C=O) groups excluding carboxylic acids is 2. The summed E-state index contributed by atoms with van der Waals surface area (Å²) in [7, 11) is 0. The Bertz CT molecular complexity index is 863. The summed E-state index contributed by atoms with van der Waals surface area (Å²) in [4.78, 5) is 34.3. The number of benzene rings is 1. The van der Waals surface area contributed by atoms with E-state index in [9.17, 15) is 9.59 Å². The number of aryl methyl sites for hydroxylation is 1. The molecule has 1 aromatic heterocycles. The Labute approximate surface area is 166 Å². The van der Waals surface area contributed by atoms with Crippen molar-refractivity contribution in [2.45, 2.75) is 51.7 Å². The van der Waals surface area contributed by atoms with E-state index in [2.05, 4.69) is 24.0 Å². The average Bonchev–Trinajstić information content (AvgIpc) is 3.49. The van der Waals surface area contributed by atoms with Gasteiger partial charge in [-0.2, -0.15) is 0 Å². The van der Waals surface area contributed by atoms with Gasteiger partial charge in [-0.15, -0.1) is 0 Å². The quantitative estimate of drug-likeness (QED) is 0.774. The van der Waals surface area contributed by atoms with Crippen LogP contribution in [0.5, 0.6) is 0 Å². The summed E-state index contributed by atoms with van der Waals surface area (Å²) in [6.45, 7) is 5.26. The van der Waals surface area contributed by atoms with Crippen molar-refractivity contribution < 1.29 is 9.59 Å². The van der Waals surface area contributed by atoms with Gasteiger partial charge < -0.3 is 9.80 Å². The number of likely N-dealkylation sites (tertiary alicyclic amines) is 1. The van der Waals surface area contributed by atoms with Gasteiger partial charge in [0.05, 0.1) is 12.0 Å². The fraction of sp³-hybridized carbons (Fsp3) is 0.435. The van der Waals surface area contributed by atoms with E-state index in [4.69, 9.17) is 0 Å². The third-order valence-electron chi connectivity index (χ3n) is 5.97. The fourth-order valence-electron chi connectivity index (χ4n) is 4.36. The van der Waals surface area contributed by atoms with E-state index < -0.39 is 0 Å². The van der Waals surface area contributed by atoms with Crippen molar-refractivity contribution in [2.75, 3.05) is 6.54 Å². The standard InChI is InChI=1S/C23H27N3O2/c1-3-25-21(27)14-20(22(25)19-7-5-4-6-16(19)2)23(28)26(18-8-9-18)15-17-10-12-24-13-11-17/h4-7,10-13,18,20,22H,3,8-9,14-15H2,1-2H3/t20-,22+/m1/s1. The van der Waals surface area contributed by atoms with Crippen molar-refractivity contribution in [3.63, 3.8) is 0 Å². The Morgan fingerprint density at radius 3 is 2.54 bits per heavy atom. The SMILES string of the molecule is CCN1C(=O)C[C@@H](C(=O)N(Cc2ccncc2)C2CC2)[C@@H]1c1ccccc1C. The highest BCUT2D eigenvalue weighted by Crippen LogP contribution is 2.42. The Kier molecular flexibility index (Phi) is 5.16. The second-order valence-corrected chi connectivity index (χ2v) is 7.84. The van der Waals surface area contributed by atoms with E-state index >= 15 is 0 Å². The van der Waals surface area contributed by atoms with Gasteiger partial charge in [-0.1, -0.05) is 24.3 Å². The molecule has 2 aliphatic rings. The summed E-state index contributed by atoms with van der Waals surface area (Å²) in [6, 6.07) is 12.2. The number of nitrogens with zero attached hydrogens (tertiary/aromatic N) is 3. The first-order chi connectivity index (χ1) is 13.6. The molecule has 0 unspecified atom stereocenters. The monoisotopic (exact) mass is 377 g/mol. The summed E-state index contributed by atoms with van der Waals surface area (Å²) in [6.07, 6.45) is 5.91. The first-order valence-corrected chi connectivity index (χ1v) is 10.1. The molecule has 1 aliphatic heterocycles. The minimum Gasteiger partial charge on any atom is -0.335 e. The van der Waals surface area contributed by atoms with E-state index in [1.807, 2.05) is 41.0 Å². The zero-order valence-corrected chi connectivity index (χ0v) is 16.5. The fourth-order valence-corrected chi connectivity index (χ4v) is 4.36. The summed E-state index contributed by atoms with van der Waals surface area (Å²) < 4.78 is 0. The summed E-state index contributed by atoms with van der Waals surface area (Å²) >= 11 is 0. The lowest BCUT2D eigenvalue weighted by atomic mass is 9.89. The minimum absolute atomic E-state index is 0.0776. The first kappa shape index (κ1) is 18.7. The number of hydrogen-bond acceptors (Lipinski definition) is 3. The molecular weight excluding hydrogens is 350 g/mol. The highest BCUT2D eigenvalue weighted by Gasteiger charge is 2.47. The van der Waals surface area contributed by atoms with Gasteiger partial charge in [0.15, 0.2) is 0 Å². The minimum atomic E-state index is -0.323. The van der Waals surface area contributed by atoms with Gasteiger partial charge in [-0.3, -0.25) is 14.6 Å². The highest BCUT2D eigenvalue weighted by atomic mass is 16.2. The molecule has 1 aromatic carbocycles. The molecular formula is C23H27N3O2. The van der Waals surface area contributed by atoms with Crippen LogP contribution in [0.2, 0.25) is 0 Å². The Morgan fingerprint density at radius 2 is 1.89 bits per heavy atom. The second-order valence-electron chi connectivity index (χ2n) is 7.84. The van der Waals surface area contributed by atoms with E-state index in [0.29, 0.717) is 25.6 Å². The average molecular weight is 377 g/mol.